The van der Waals surface area contributed by atoms with E-state index in [0.717, 1.165) is 44.7 Å². The number of aromatic nitrogens is 1. The normalized spacial score (nSPS) is 23.8. The molecule has 128 valence electrons. The summed E-state index contributed by atoms with van der Waals surface area (Å²) in [6.07, 6.45) is 3.75. The molecule has 1 aromatic heterocycles. The highest BCUT2D eigenvalue weighted by atomic mass is 19.1. The van der Waals surface area contributed by atoms with Crippen molar-refractivity contribution in [2.24, 2.45) is 11.1 Å². The highest BCUT2D eigenvalue weighted by molar-refractivity contribution is 5.55. The van der Waals surface area contributed by atoms with Crippen LogP contribution in [0.3, 0.4) is 0 Å². The number of oxazole rings is 1. The van der Waals surface area contributed by atoms with Crippen LogP contribution >= 0.6 is 0 Å². The van der Waals surface area contributed by atoms with Crippen LogP contribution in [0.4, 0.5) is 4.39 Å². The van der Waals surface area contributed by atoms with Gasteiger partial charge in [0.2, 0.25) is 5.89 Å². The first-order chi connectivity index (χ1) is 11.6. The number of hydrogen-bond acceptors (Lipinski definition) is 5. The fourth-order valence-electron chi connectivity index (χ4n) is 3.85. The molecule has 1 spiro atoms. The second kappa shape index (κ2) is 6.27. The van der Waals surface area contributed by atoms with Crippen molar-refractivity contribution in [3.8, 4) is 11.3 Å². The van der Waals surface area contributed by atoms with Crippen LogP contribution in [0.2, 0.25) is 0 Å². The molecule has 5 nitrogen and oxygen atoms in total. The molecule has 2 aliphatic rings. The molecular weight excluding hydrogens is 309 g/mol. The van der Waals surface area contributed by atoms with E-state index in [2.05, 4.69) is 9.88 Å². The van der Waals surface area contributed by atoms with E-state index in [0.29, 0.717) is 18.2 Å². The first-order valence-electron chi connectivity index (χ1n) is 8.41. The molecule has 0 aliphatic carbocycles. The minimum atomic E-state index is -0.258. The van der Waals surface area contributed by atoms with Gasteiger partial charge in [-0.05, 0) is 37.1 Å². The summed E-state index contributed by atoms with van der Waals surface area (Å²) in [6.45, 7) is 4.07. The third kappa shape index (κ3) is 2.97. The first kappa shape index (κ1) is 15.7. The van der Waals surface area contributed by atoms with Crippen molar-refractivity contribution in [2.45, 2.75) is 25.4 Å². The molecule has 0 amide bonds. The summed E-state index contributed by atoms with van der Waals surface area (Å²) in [5, 5.41) is 0. The number of nitrogens with two attached hydrogens (primary N) is 1. The number of halogens is 1. The summed E-state index contributed by atoms with van der Waals surface area (Å²) < 4.78 is 24.3. The molecule has 1 unspecified atom stereocenters. The summed E-state index contributed by atoms with van der Waals surface area (Å²) in [4.78, 5) is 6.69. The quantitative estimate of drug-likeness (QED) is 0.936. The molecule has 1 aromatic carbocycles. The second-order valence-corrected chi connectivity index (χ2v) is 6.88. The second-order valence-electron chi connectivity index (χ2n) is 6.88. The van der Waals surface area contributed by atoms with Gasteiger partial charge in [0, 0.05) is 43.3 Å². The highest BCUT2D eigenvalue weighted by Crippen LogP contribution is 2.39. The zero-order valence-corrected chi connectivity index (χ0v) is 13.6. The van der Waals surface area contributed by atoms with Crippen molar-refractivity contribution >= 4 is 0 Å². The SMILES string of the molecule is NC1CN(Cc2ncc(-c3ccc(F)cc3)o2)CC12CCOCC2. The van der Waals surface area contributed by atoms with Crippen molar-refractivity contribution in [3.63, 3.8) is 0 Å². The van der Waals surface area contributed by atoms with Crippen LogP contribution in [0, 0.1) is 11.2 Å². The first-order valence-corrected chi connectivity index (χ1v) is 8.41. The Kier molecular flexibility index (Phi) is 4.12. The third-order valence-electron chi connectivity index (χ3n) is 5.31. The van der Waals surface area contributed by atoms with E-state index in [4.69, 9.17) is 14.9 Å². The largest absolute Gasteiger partial charge is 0.439 e. The summed E-state index contributed by atoms with van der Waals surface area (Å²) in [7, 11) is 0. The predicted molar refractivity (Wildman–Crippen MR) is 87.6 cm³/mol. The van der Waals surface area contributed by atoms with Gasteiger partial charge in [-0.1, -0.05) is 0 Å². The number of hydrogen-bond donors (Lipinski definition) is 1. The van der Waals surface area contributed by atoms with Crippen LogP contribution < -0.4 is 5.73 Å². The van der Waals surface area contributed by atoms with Crippen LogP contribution in [0.25, 0.3) is 11.3 Å². The zero-order valence-electron chi connectivity index (χ0n) is 13.6. The Hall–Kier alpha value is -1.76. The van der Waals surface area contributed by atoms with Gasteiger partial charge in [-0.2, -0.15) is 0 Å². The standard InChI is InChI=1S/C18H22FN3O2/c19-14-3-1-13(2-4-14)15-9-21-17(24-15)11-22-10-16(20)18(12-22)5-7-23-8-6-18/h1-4,9,16H,5-8,10-12,20H2. The predicted octanol–water partition coefficient (Wildman–Crippen LogP) is 2.42. The van der Waals surface area contributed by atoms with Gasteiger partial charge in [0.15, 0.2) is 5.76 Å². The molecular formula is C18H22FN3O2. The number of likely N-dealkylation sites (tertiary alicyclic amines) is 1. The molecule has 2 N–H and O–H groups in total. The Morgan fingerprint density at radius 2 is 2.00 bits per heavy atom. The average Bonchev–Trinajstić information content (AvgIpc) is 3.15. The fourth-order valence-corrected chi connectivity index (χ4v) is 3.85. The summed E-state index contributed by atoms with van der Waals surface area (Å²) in [6, 6.07) is 6.41. The minimum absolute atomic E-state index is 0.171. The van der Waals surface area contributed by atoms with Crippen LogP contribution in [-0.4, -0.2) is 42.2 Å². The maximum atomic E-state index is 13.0. The maximum Gasteiger partial charge on any atom is 0.209 e. The lowest BCUT2D eigenvalue weighted by atomic mass is 9.76. The van der Waals surface area contributed by atoms with E-state index in [1.165, 1.54) is 12.1 Å². The maximum absolute atomic E-state index is 13.0. The van der Waals surface area contributed by atoms with E-state index >= 15 is 0 Å². The molecule has 4 rings (SSSR count). The number of benzene rings is 1. The van der Waals surface area contributed by atoms with E-state index in [-0.39, 0.29) is 17.3 Å². The molecule has 2 fully saturated rings. The molecule has 2 aliphatic heterocycles. The topological polar surface area (TPSA) is 64.5 Å². The molecule has 0 radical (unpaired) electrons. The molecule has 2 aromatic rings. The van der Waals surface area contributed by atoms with Crippen molar-refractivity contribution in [2.75, 3.05) is 26.3 Å². The van der Waals surface area contributed by atoms with Crippen molar-refractivity contribution in [3.05, 3.63) is 42.2 Å². The van der Waals surface area contributed by atoms with Gasteiger partial charge in [0.05, 0.1) is 12.7 Å². The molecule has 6 heteroatoms. The molecule has 1 atom stereocenters. The smallest absolute Gasteiger partial charge is 0.209 e. The van der Waals surface area contributed by atoms with Gasteiger partial charge in [-0.15, -0.1) is 0 Å². The van der Waals surface area contributed by atoms with Gasteiger partial charge < -0.3 is 14.9 Å². The fraction of sp³-hybridized carbons (Fsp3) is 0.500. The molecule has 0 bridgehead atoms. The summed E-state index contributed by atoms with van der Waals surface area (Å²) in [5.74, 6) is 1.08. The van der Waals surface area contributed by atoms with Crippen LogP contribution in [0.15, 0.2) is 34.9 Å². The Balaban J connectivity index is 1.44. The summed E-state index contributed by atoms with van der Waals surface area (Å²) in [5.41, 5.74) is 7.41. The van der Waals surface area contributed by atoms with Crippen molar-refractivity contribution in [1.29, 1.82) is 0 Å². The zero-order chi connectivity index (χ0) is 16.6. The summed E-state index contributed by atoms with van der Waals surface area (Å²) >= 11 is 0. The number of nitrogens with zero attached hydrogens (tertiary/aromatic N) is 2. The third-order valence-corrected chi connectivity index (χ3v) is 5.31. The van der Waals surface area contributed by atoms with E-state index in [1.54, 1.807) is 18.3 Å². The highest BCUT2D eigenvalue weighted by Gasteiger charge is 2.45. The van der Waals surface area contributed by atoms with Crippen molar-refractivity contribution in [1.82, 2.24) is 9.88 Å². The van der Waals surface area contributed by atoms with Gasteiger partial charge in [-0.25, -0.2) is 9.37 Å². The number of ether oxygens (including phenoxy) is 1. The lowest BCUT2D eigenvalue weighted by molar-refractivity contribution is 0.0126. The van der Waals surface area contributed by atoms with Gasteiger partial charge in [-0.3, -0.25) is 4.90 Å². The molecule has 2 saturated heterocycles. The average molecular weight is 331 g/mol. The lowest BCUT2D eigenvalue weighted by Gasteiger charge is -2.36. The Morgan fingerprint density at radius 3 is 2.75 bits per heavy atom. The van der Waals surface area contributed by atoms with Gasteiger partial charge in [0.25, 0.3) is 0 Å². The Morgan fingerprint density at radius 1 is 1.25 bits per heavy atom. The molecule has 0 saturated carbocycles. The van der Waals surface area contributed by atoms with E-state index in [1.807, 2.05) is 0 Å². The van der Waals surface area contributed by atoms with Crippen LogP contribution in [-0.2, 0) is 11.3 Å². The lowest BCUT2D eigenvalue weighted by Crippen LogP contribution is -2.44. The minimum Gasteiger partial charge on any atom is -0.439 e. The monoisotopic (exact) mass is 331 g/mol. The Bertz CT molecular complexity index is 695. The Labute approximate surface area is 140 Å². The molecule has 3 heterocycles. The van der Waals surface area contributed by atoms with Gasteiger partial charge >= 0.3 is 0 Å². The van der Waals surface area contributed by atoms with E-state index < -0.39 is 0 Å². The molecule has 24 heavy (non-hydrogen) atoms. The van der Waals surface area contributed by atoms with Crippen LogP contribution in [0.5, 0.6) is 0 Å². The van der Waals surface area contributed by atoms with Gasteiger partial charge in [0.1, 0.15) is 5.82 Å². The van der Waals surface area contributed by atoms with Crippen molar-refractivity contribution < 1.29 is 13.5 Å². The van der Waals surface area contributed by atoms with Crippen LogP contribution in [0.1, 0.15) is 18.7 Å². The number of rotatable bonds is 3. The van der Waals surface area contributed by atoms with E-state index in [9.17, 15) is 4.39 Å².